The summed E-state index contributed by atoms with van der Waals surface area (Å²) in [5.41, 5.74) is 7.28. The monoisotopic (exact) mass is 437 g/mol. The van der Waals surface area contributed by atoms with Crippen molar-refractivity contribution in [2.24, 2.45) is 20.9 Å². The maximum atomic E-state index is 13.2. The molecular formula is C12H17BrFN7O3S. The molecule has 1 aromatic carbocycles. The van der Waals surface area contributed by atoms with E-state index >= 15 is 0 Å². The molecule has 0 amide bonds. The van der Waals surface area contributed by atoms with Crippen LogP contribution in [0.2, 0.25) is 0 Å². The average molecular weight is 438 g/mol. The van der Waals surface area contributed by atoms with Crippen LogP contribution in [-0.4, -0.2) is 51.4 Å². The summed E-state index contributed by atoms with van der Waals surface area (Å²) < 4.78 is 34.1. The van der Waals surface area contributed by atoms with Crippen LogP contribution in [0.1, 0.15) is 0 Å². The van der Waals surface area contributed by atoms with Crippen molar-refractivity contribution in [1.82, 2.24) is 10.2 Å². The van der Waals surface area contributed by atoms with Crippen molar-refractivity contribution in [3.05, 3.63) is 28.5 Å². The van der Waals surface area contributed by atoms with Crippen molar-refractivity contribution < 1.29 is 19.0 Å². The lowest BCUT2D eigenvalue weighted by molar-refractivity contribution is 0.236. The van der Waals surface area contributed by atoms with Crippen LogP contribution in [0.25, 0.3) is 0 Å². The fourth-order valence-electron chi connectivity index (χ4n) is 1.53. The Kier molecular flexibility index (Phi) is 7.89. The van der Waals surface area contributed by atoms with Gasteiger partial charge >= 0.3 is 0 Å². The predicted molar refractivity (Wildman–Crippen MR) is 96.6 cm³/mol. The number of hydrogen-bond donors (Lipinski definition) is 6. The van der Waals surface area contributed by atoms with Gasteiger partial charge in [-0.25, -0.2) is 23.1 Å². The highest BCUT2D eigenvalue weighted by Gasteiger charge is 2.15. The SMILES string of the molecule is CS(=N)(=O)NCCN=C(N)/C(=N\O)C(=Nc1ccc(F)c(Br)c1)NO. The van der Waals surface area contributed by atoms with Gasteiger partial charge in [0.05, 0.1) is 16.7 Å². The number of hydroxylamine groups is 1. The number of nitrogens with zero attached hydrogens (tertiary/aromatic N) is 3. The maximum absolute atomic E-state index is 13.2. The summed E-state index contributed by atoms with van der Waals surface area (Å²) in [6.07, 6.45) is 1.21. The van der Waals surface area contributed by atoms with Crippen LogP contribution in [0.4, 0.5) is 10.1 Å². The number of rotatable bonds is 7. The van der Waals surface area contributed by atoms with E-state index in [2.05, 4.69) is 35.8 Å². The van der Waals surface area contributed by atoms with Crippen molar-refractivity contribution in [3.63, 3.8) is 0 Å². The molecule has 0 saturated heterocycles. The number of amidine groups is 2. The Hall–Kier alpha value is -2.09. The molecule has 7 N–H and O–H groups in total. The van der Waals surface area contributed by atoms with E-state index in [0.717, 1.165) is 6.07 Å². The predicted octanol–water partition coefficient (Wildman–Crippen LogP) is 0.966. The lowest BCUT2D eigenvalue weighted by atomic mass is 10.3. The zero-order valence-corrected chi connectivity index (χ0v) is 15.4. The van der Waals surface area contributed by atoms with E-state index in [1.54, 1.807) is 5.48 Å². The van der Waals surface area contributed by atoms with Gasteiger partial charge in [-0.05, 0) is 34.1 Å². The van der Waals surface area contributed by atoms with E-state index in [0.29, 0.717) is 0 Å². The molecule has 0 bridgehead atoms. The topological polar surface area (TPSA) is 169 Å². The molecule has 1 atom stereocenters. The molecule has 0 radical (unpaired) electrons. The van der Waals surface area contributed by atoms with Crippen LogP contribution in [0.15, 0.2) is 37.8 Å². The number of nitrogens with two attached hydrogens (primary N) is 1. The smallest absolute Gasteiger partial charge is 0.188 e. The number of hydrogen-bond acceptors (Lipinski definition) is 7. The minimum Gasteiger partial charge on any atom is -0.410 e. The second-order valence-electron chi connectivity index (χ2n) is 4.62. The highest BCUT2D eigenvalue weighted by molar-refractivity contribution is 9.10. The van der Waals surface area contributed by atoms with Crippen molar-refractivity contribution >= 4 is 48.9 Å². The first-order chi connectivity index (χ1) is 11.7. The molecule has 0 aromatic heterocycles. The van der Waals surface area contributed by atoms with Crippen molar-refractivity contribution in [1.29, 1.82) is 4.78 Å². The summed E-state index contributed by atoms with van der Waals surface area (Å²) in [6, 6.07) is 3.82. The van der Waals surface area contributed by atoms with Crippen molar-refractivity contribution in [2.45, 2.75) is 0 Å². The molecule has 0 saturated carbocycles. The Labute approximate surface area is 151 Å². The summed E-state index contributed by atoms with van der Waals surface area (Å²) >= 11 is 3.00. The quantitative estimate of drug-likeness (QED) is 0.122. The molecule has 138 valence electrons. The highest BCUT2D eigenvalue weighted by Crippen LogP contribution is 2.22. The molecule has 10 nitrogen and oxygen atoms in total. The number of halogens is 2. The molecule has 13 heteroatoms. The third-order valence-electron chi connectivity index (χ3n) is 2.59. The maximum Gasteiger partial charge on any atom is 0.188 e. The Morgan fingerprint density at radius 3 is 2.72 bits per heavy atom. The molecule has 0 aliphatic carbocycles. The second kappa shape index (κ2) is 9.41. The Bertz CT molecular complexity index is 811. The molecule has 1 aromatic rings. The lowest BCUT2D eigenvalue weighted by Gasteiger charge is -2.08. The van der Waals surface area contributed by atoms with Crippen molar-refractivity contribution in [2.75, 3.05) is 19.3 Å². The van der Waals surface area contributed by atoms with Gasteiger partial charge in [0.1, 0.15) is 15.7 Å². The molecule has 0 spiro atoms. The van der Waals surface area contributed by atoms with Crippen molar-refractivity contribution in [3.8, 4) is 0 Å². The fourth-order valence-corrected chi connectivity index (χ4v) is 2.37. The first-order valence-electron chi connectivity index (χ1n) is 6.63. The zero-order chi connectivity index (χ0) is 19.0. The van der Waals surface area contributed by atoms with Gasteiger partial charge in [0.25, 0.3) is 0 Å². The van der Waals surface area contributed by atoms with Gasteiger partial charge in [-0.3, -0.25) is 15.7 Å². The molecular weight excluding hydrogens is 421 g/mol. The van der Waals surface area contributed by atoms with Crippen LogP contribution in [0.5, 0.6) is 0 Å². The zero-order valence-electron chi connectivity index (χ0n) is 13.0. The molecule has 0 aliphatic rings. The van der Waals surface area contributed by atoms with Gasteiger partial charge < -0.3 is 10.9 Å². The van der Waals surface area contributed by atoms with E-state index in [4.69, 9.17) is 15.7 Å². The third kappa shape index (κ3) is 7.13. The molecule has 25 heavy (non-hydrogen) atoms. The molecule has 0 fully saturated rings. The number of benzene rings is 1. The van der Waals surface area contributed by atoms with Crippen LogP contribution < -0.4 is 15.9 Å². The molecule has 0 heterocycles. The lowest BCUT2D eigenvalue weighted by Crippen LogP contribution is -2.39. The first-order valence-corrected chi connectivity index (χ1v) is 9.38. The number of nitrogens with one attached hydrogen (secondary N) is 3. The van der Waals surface area contributed by atoms with Gasteiger partial charge in [0, 0.05) is 12.8 Å². The third-order valence-corrected chi connectivity index (χ3v) is 3.95. The summed E-state index contributed by atoms with van der Waals surface area (Å²) in [5.74, 6) is -1.09. The van der Waals surface area contributed by atoms with E-state index < -0.39 is 15.7 Å². The number of oxime groups is 1. The van der Waals surface area contributed by atoms with E-state index in [1.165, 1.54) is 18.4 Å². The highest BCUT2D eigenvalue weighted by atomic mass is 79.9. The minimum absolute atomic E-state index is 0.0371. The van der Waals surface area contributed by atoms with Gasteiger partial charge in [0.2, 0.25) is 0 Å². The first kappa shape index (κ1) is 21.0. The Morgan fingerprint density at radius 2 is 2.20 bits per heavy atom. The van der Waals surface area contributed by atoms with E-state index in [-0.39, 0.29) is 40.6 Å². The normalized spacial score (nSPS) is 15.8. The van der Waals surface area contributed by atoms with Crippen LogP contribution in [0.3, 0.4) is 0 Å². The van der Waals surface area contributed by atoms with E-state index in [9.17, 15) is 13.8 Å². The van der Waals surface area contributed by atoms with Crippen LogP contribution >= 0.6 is 15.9 Å². The van der Waals surface area contributed by atoms with E-state index in [1.807, 2.05) is 0 Å². The summed E-state index contributed by atoms with van der Waals surface area (Å²) in [6.45, 7) is 0.136. The summed E-state index contributed by atoms with van der Waals surface area (Å²) in [5, 5.41) is 21.2. The van der Waals surface area contributed by atoms with Gasteiger partial charge in [-0.1, -0.05) is 5.16 Å². The largest absolute Gasteiger partial charge is 0.410 e. The fraction of sp³-hybridized carbons (Fsp3) is 0.250. The standard InChI is InChI=1S/C12H17BrFN7O3S/c1-25(16,24)18-5-4-17-11(15)10(20-22)12(21-23)19-7-2-3-9(14)8(13)6-7/h2-3,6,22-23H,4-5H2,1H3,(H2,15,17)(H,19,21)(H2,16,18,24)/b20-10+. The Balaban J connectivity index is 2.97. The minimum atomic E-state index is -2.87. The van der Waals surface area contributed by atoms with Gasteiger partial charge in [-0.15, -0.1) is 0 Å². The molecule has 0 aliphatic heterocycles. The molecule has 1 rings (SSSR count). The average Bonchev–Trinajstić information content (AvgIpc) is 2.53. The van der Waals surface area contributed by atoms with Crippen LogP contribution in [0, 0.1) is 10.6 Å². The molecule has 1 unspecified atom stereocenters. The Morgan fingerprint density at radius 1 is 1.52 bits per heavy atom. The van der Waals surface area contributed by atoms with Gasteiger partial charge in [-0.2, -0.15) is 0 Å². The summed E-state index contributed by atoms with van der Waals surface area (Å²) in [7, 11) is -2.87. The van der Waals surface area contributed by atoms with Gasteiger partial charge in [0.15, 0.2) is 17.4 Å². The second-order valence-corrected chi connectivity index (χ2v) is 7.45. The van der Waals surface area contributed by atoms with Crippen LogP contribution in [-0.2, 0) is 9.92 Å². The summed E-state index contributed by atoms with van der Waals surface area (Å²) in [4.78, 5) is 7.83. The number of aliphatic imine (C=N–C) groups is 2.